The fourth-order valence-electron chi connectivity index (χ4n) is 3.76. The van der Waals surface area contributed by atoms with E-state index >= 15 is 0 Å². The molecule has 0 unspecified atom stereocenters. The number of nitrogens with zero attached hydrogens (tertiary/aromatic N) is 5. The molecule has 1 aliphatic carbocycles. The van der Waals surface area contributed by atoms with Gasteiger partial charge in [0, 0.05) is 38.4 Å². The van der Waals surface area contributed by atoms with Gasteiger partial charge in [-0.3, -0.25) is 9.36 Å². The quantitative estimate of drug-likeness (QED) is 0.560. The van der Waals surface area contributed by atoms with Crippen LogP contribution >= 0.6 is 0 Å². The molecule has 1 saturated carbocycles. The molecule has 3 heterocycles. The Labute approximate surface area is 157 Å². The highest BCUT2D eigenvalue weighted by atomic mass is 16.2. The molecule has 136 valence electrons. The van der Waals surface area contributed by atoms with Crippen molar-refractivity contribution in [2.24, 2.45) is 5.92 Å². The second-order valence-corrected chi connectivity index (χ2v) is 7.42. The number of carbonyl (C=O) groups excluding carboxylic acids is 1. The number of carbonyl (C=O) groups is 1. The molecule has 0 N–H and O–H groups in total. The van der Waals surface area contributed by atoms with Crippen molar-refractivity contribution < 1.29 is 4.79 Å². The van der Waals surface area contributed by atoms with Crippen LogP contribution in [0.4, 0.5) is 0 Å². The highest BCUT2D eigenvalue weighted by Gasteiger charge is 2.28. The van der Waals surface area contributed by atoms with Crippen molar-refractivity contribution in [2.75, 3.05) is 14.1 Å². The van der Waals surface area contributed by atoms with Gasteiger partial charge in [-0.25, -0.2) is 9.97 Å². The molecule has 1 aromatic carbocycles. The minimum absolute atomic E-state index is 0.0549. The molecular formula is C21H21N5O. The Morgan fingerprint density at radius 2 is 1.85 bits per heavy atom. The van der Waals surface area contributed by atoms with Crippen molar-refractivity contribution in [1.29, 1.82) is 0 Å². The second kappa shape index (κ2) is 5.94. The molecule has 0 saturated heterocycles. The number of aromatic nitrogens is 4. The van der Waals surface area contributed by atoms with E-state index in [1.54, 1.807) is 37.5 Å². The highest BCUT2D eigenvalue weighted by Crippen LogP contribution is 2.38. The standard InChI is InChI=1S/C21H21N5O/c1-24(2)20(27)18-12-17-19(26(18)21-22-10-5-11-23-21)15-6-3-4-7-16(15)25(17)13-14-8-9-14/h3-7,10-12,14H,8-9,13H2,1-2H3. The first kappa shape index (κ1) is 16.1. The fraction of sp³-hybridized carbons (Fsp3) is 0.286. The third-order valence-corrected chi connectivity index (χ3v) is 5.24. The molecule has 0 bridgehead atoms. The first-order chi connectivity index (χ1) is 13.1. The summed E-state index contributed by atoms with van der Waals surface area (Å²) >= 11 is 0. The van der Waals surface area contributed by atoms with E-state index in [1.165, 1.54) is 18.4 Å². The molecule has 4 aromatic rings. The van der Waals surface area contributed by atoms with Crippen LogP contribution in [0.2, 0.25) is 0 Å². The largest absolute Gasteiger partial charge is 0.343 e. The van der Waals surface area contributed by atoms with E-state index in [1.807, 2.05) is 16.7 Å². The van der Waals surface area contributed by atoms with Crippen LogP contribution in [0.25, 0.3) is 27.9 Å². The maximum Gasteiger partial charge on any atom is 0.270 e. The Morgan fingerprint density at radius 1 is 1.11 bits per heavy atom. The SMILES string of the molecule is CN(C)C(=O)c1cc2c(c3ccccc3n2CC2CC2)n1-c1ncccn1. The van der Waals surface area contributed by atoms with Crippen molar-refractivity contribution >= 4 is 27.8 Å². The lowest BCUT2D eigenvalue weighted by Gasteiger charge is -2.13. The predicted octanol–water partition coefficient (Wildman–Crippen LogP) is 3.49. The minimum Gasteiger partial charge on any atom is -0.343 e. The predicted molar refractivity (Wildman–Crippen MR) is 105 cm³/mol. The zero-order chi connectivity index (χ0) is 18.5. The van der Waals surface area contributed by atoms with Crippen molar-refractivity contribution in [3.63, 3.8) is 0 Å². The van der Waals surface area contributed by atoms with Gasteiger partial charge in [0.1, 0.15) is 5.69 Å². The van der Waals surface area contributed by atoms with Crippen molar-refractivity contribution in [1.82, 2.24) is 24.0 Å². The van der Waals surface area contributed by atoms with E-state index in [0.29, 0.717) is 11.6 Å². The van der Waals surface area contributed by atoms with Gasteiger partial charge >= 0.3 is 0 Å². The van der Waals surface area contributed by atoms with Crippen LogP contribution in [0.15, 0.2) is 48.8 Å². The Morgan fingerprint density at radius 3 is 2.56 bits per heavy atom. The lowest BCUT2D eigenvalue weighted by Crippen LogP contribution is -2.24. The molecule has 0 radical (unpaired) electrons. The fourth-order valence-corrected chi connectivity index (χ4v) is 3.76. The van der Waals surface area contributed by atoms with E-state index in [0.717, 1.165) is 28.9 Å². The zero-order valence-electron chi connectivity index (χ0n) is 15.5. The summed E-state index contributed by atoms with van der Waals surface area (Å²) in [6.07, 6.45) is 5.98. The Kier molecular flexibility index (Phi) is 3.53. The maximum atomic E-state index is 12.9. The summed E-state index contributed by atoms with van der Waals surface area (Å²) in [7, 11) is 3.54. The Hall–Kier alpha value is -3.15. The summed E-state index contributed by atoms with van der Waals surface area (Å²) in [5.41, 5.74) is 3.86. The monoisotopic (exact) mass is 359 g/mol. The zero-order valence-corrected chi connectivity index (χ0v) is 15.5. The van der Waals surface area contributed by atoms with Gasteiger partial charge in [0.25, 0.3) is 5.91 Å². The van der Waals surface area contributed by atoms with E-state index < -0.39 is 0 Å². The van der Waals surface area contributed by atoms with E-state index in [2.05, 4.69) is 32.7 Å². The first-order valence-corrected chi connectivity index (χ1v) is 9.27. The normalized spacial score (nSPS) is 14.1. The smallest absolute Gasteiger partial charge is 0.270 e. The van der Waals surface area contributed by atoms with E-state index in [9.17, 15) is 4.79 Å². The molecule has 0 atom stereocenters. The molecule has 1 aliphatic rings. The number of benzene rings is 1. The van der Waals surface area contributed by atoms with E-state index in [4.69, 9.17) is 0 Å². The average molecular weight is 359 g/mol. The first-order valence-electron chi connectivity index (χ1n) is 9.27. The highest BCUT2D eigenvalue weighted by molar-refractivity contribution is 6.10. The summed E-state index contributed by atoms with van der Waals surface area (Å²) in [6, 6.07) is 12.2. The number of fused-ring (bicyclic) bond motifs is 3. The van der Waals surface area contributed by atoms with Gasteiger partial charge in [0.2, 0.25) is 5.95 Å². The summed E-state index contributed by atoms with van der Waals surface area (Å²) in [6.45, 7) is 0.985. The third kappa shape index (κ3) is 2.51. The minimum atomic E-state index is -0.0549. The molecule has 1 amide bonds. The van der Waals surface area contributed by atoms with Crippen LogP contribution in [0, 0.1) is 5.92 Å². The van der Waals surface area contributed by atoms with Crippen molar-refractivity contribution in [2.45, 2.75) is 19.4 Å². The number of para-hydroxylation sites is 1. The van der Waals surface area contributed by atoms with Crippen LogP contribution in [-0.4, -0.2) is 44.0 Å². The average Bonchev–Trinajstić information content (AvgIpc) is 3.35. The van der Waals surface area contributed by atoms with Gasteiger partial charge in [-0.2, -0.15) is 0 Å². The lowest BCUT2D eigenvalue weighted by atomic mass is 10.2. The lowest BCUT2D eigenvalue weighted by molar-refractivity contribution is 0.0820. The molecule has 5 rings (SSSR count). The molecule has 0 spiro atoms. The van der Waals surface area contributed by atoms with Crippen LogP contribution < -0.4 is 0 Å². The number of rotatable bonds is 4. The molecule has 1 fully saturated rings. The molecule has 0 aliphatic heterocycles. The van der Waals surface area contributed by atoms with Crippen LogP contribution in [0.5, 0.6) is 0 Å². The number of amides is 1. The van der Waals surface area contributed by atoms with E-state index in [-0.39, 0.29) is 5.91 Å². The second-order valence-electron chi connectivity index (χ2n) is 7.42. The van der Waals surface area contributed by atoms with Gasteiger partial charge in [0.15, 0.2) is 0 Å². The van der Waals surface area contributed by atoms with Crippen molar-refractivity contribution in [3.8, 4) is 5.95 Å². The van der Waals surface area contributed by atoms with Gasteiger partial charge in [0.05, 0.1) is 16.6 Å². The maximum absolute atomic E-state index is 12.9. The van der Waals surface area contributed by atoms with Crippen LogP contribution in [0.3, 0.4) is 0 Å². The Bertz CT molecular complexity index is 1150. The molecule has 6 nitrogen and oxygen atoms in total. The summed E-state index contributed by atoms with van der Waals surface area (Å²) < 4.78 is 4.26. The van der Waals surface area contributed by atoms with Crippen LogP contribution in [0.1, 0.15) is 23.3 Å². The van der Waals surface area contributed by atoms with Gasteiger partial charge in [-0.15, -0.1) is 0 Å². The van der Waals surface area contributed by atoms with Crippen molar-refractivity contribution in [3.05, 3.63) is 54.5 Å². The number of hydrogen-bond acceptors (Lipinski definition) is 3. The van der Waals surface area contributed by atoms with Crippen LogP contribution in [-0.2, 0) is 6.54 Å². The summed E-state index contributed by atoms with van der Waals surface area (Å²) in [5, 5.41) is 1.12. The van der Waals surface area contributed by atoms with Gasteiger partial charge < -0.3 is 9.47 Å². The van der Waals surface area contributed by atoms with Gasteiger partial charge in [-0.05, 0) is 37.0 Å². The van der Waals surface area contributed by atoms with Gasteiger partial charge in [-0.1, -0.05) is 18.2 Å². The Balaban J connectivity index is 1.88. The molecule has 27 heavy (non-hydrogen) atoms. The topological polar surface area (TPSA) is 56.0 Å². The number of hydrogen-bond donors (Lipinski definition) is 0. The third-order valence-electron chi connectivity index (χ3n) is 5.24. The summed E-state index contributed by atoms with van der Waals surface area (Å²) in [5.74, 6) is 1.20. The molecule has 6 heteroatoms. The summed E-state index contributed by atoms with van der Waals surface area (Å²) in [4.78, 5) is 23.4. The molecular weight excluding hydrogens is 338 g/mol. The molecule has 3 aromatic heterocycles.